The molecule has 64 valence electrons. The second-order valence-corrected chi connectivity index (χ2v) is 3.76. The number of nitrogens with one attached hydrogen (secondary N) is 1. The average molecular weight is 153 g/mol. The molecular formula is C10H19N. The largest absolute Gasteiger partial charge is 0.316 e. The van der Waals surface area contributed by atoms with E-state index in [1.165, 1.54) is 0 Å². The van der Waals surface area contributed by atoms with Crippen molar-refractivity contribution in [2.24, 2.45) is 11.8 Å². The summed E-state index contributed by atoms with van der Waals surface area (Å²) in [6.07, 6.45) is 0. The van der Waals surface area contributed by atoms with Crippen molar-refractivity contribution in [1.82, 2.24) is 5.32 Å². The predicted octanol–water partition coefficient (Wildman–Crippen LogP) is 2.20. The van der Waals surface area contributed by atoms with Crippen LogP contribution in [0.1, 0.15) is 27.7 Å². The maximum Gasteiger partial charge on any atom is 0.0190 e. The van der Waals surface area contributed by atoms with Crippen molar-refractivity contribution in [2.45, 2.75) is 33.7 Å². The van der Waals surface area contributed by atoms with Crippen molar-refractivity contribution in [3.63, 3.8) is 0 Å². The number of rotatable bonds is 1. The van der Waals surface area contributed by atoms with Crippen LogP contribution in [-0.4, -0.2) is 13.1 Å². The van der Waals surface area contributed by atoms with Gasteiger partial charge in [0.25, 0.3) is 0 Å². The topological polar surface area (TPSA) is 12.0 Å². The quantitative estimate of drug-likeness (QED) is 0.569. The molecule has 0 saturated carbocycles. The highest BCUT2D eigenvalue weighted by atomic mass is 14.9. The predicted molar refractivity (Wildman–Crippen MR) is 49.5 cm³/mol. The Labute approximate surface area is 69.9 Å². The molecule has 0 spiro atoms. The Hall–Kier alpha value is -0.300. The monoisotopic (exact) mass is 153 g/mol. The van der Waals surface area contributed by atoms with Crippen molar-refractivity contribution >= 4 is 0 Å². The van der Waals surface area contributed by atoms with Gasteiger partial charge in [-0.15, -0.1) is 0 Å². The minimum Gasteiger partial charge on any atom is -0.316 e. The molecule has 0 bridgehead atoms. The fourth-order valence-corrected chi connectivity index (χ4v) is 2.19. The lowest BCUT2D eigenvalue weighted by molar-refractivity contribution is 0.401. The first-order valence-electron chi connectivity index (χ1n) is 4.44. The summed E-state index contributed by atoms with van der Waals surface area (Å²) < 4.78 is 0. The molecule has 0 aromatic heterocycles. The lowest BCUT2D eigenvalue weighted by atomic mass is 9.96. The van der Waals surface area contributed by atoms with Crippen LogP contribution in [0.15, 0.2) is 11.1 Å². The molecule has 11 heavy (non-hydrogen) atoms. The molecule has 0 heterocycles. The van der Waals surface area contributed by atoms with Crippen molar-refractivity contribution in [3.8, 4) is 0 Å². The highest BCUT2D eigenvalue weighted by Gasteiger charge is 2.31. The van der Waals surface area contributed by atoms with Gasteiger partial charge in [0.2, 0.25) is 0 Å². The lowest BCUT2D eigenvalue weighted by Crippen LogP contribution is -2.34. The van der Waals surface area contributed by atoms with E-state index in [0.717, 1.165) is 11.8 Å². The Morgan fingerprint density at radius 2 is 1.36 bits per heavy atom. The molecule has 0 fully saturated rings. The van der Waals surface area contributed by atoms with Crippen LogP contribution in [-0.2, 0) is 0 Å². The van der Waals surface area contributed by atoms with Crippen LogP contribution in [0.4, 0.5) is 0 Å². The first-order valence-corrected chi connectivity index (χ1v) is 4.44. The molecule has 0 amide bonds. The zero-order chi connectivity index (χ0) is 8.59. The number of hydrogen-bond donors (Lipinski definition) is 1. The van der Waals surface area contributed by atoms with Gasteiger partial charge in [0.05, 0.1) is 0 Å². The lowest BCUT2D eigenvalue weighted by Gasteiger charge is -2.20. The third kappa shape index (κ3) is 1.22. The molecule has 0 radical (unpaired) electrons. The van der Waals surface area contributed by atoms with Crippen molar-refractivity contribution in [2.75, 3.05) is 7.05 Å². The molecule has 0 aromatic rings. The van der Waals surface area contributed by atoms with Crippen LogP contribution >= 0.6 is 0 Å². The van der Waals surface area contributed by atoms with E-state index in [9.17, 15) is 0 Å². The Kier molecular flexibility index (Phi) is 2.38. The Morgan fingerprint density at radius 3 is 1.55 bits per heavy atom. The van der Waals surface area contributed by atoms with Gasteiger partial charge in [-0.1, -0.05) is 25.0 Å². The van der Waals surface area contributed by atoms with Gasteiger partial charge in [-0.05, 0) is 32.7 Å². The first-order chi connectivity index (χ1) is 5.09. The minimum absolute atomic E-state index is 0.662. The maximum atomic E-state index is 3.38. The fraction of sp³-hybridized carbons (Fsp3) is 0.800. The van der Waals surface area contributed by atoms with E-state index in [4.69, 9.17) is 0 Å². The molecule has 1 N–H and O–H groups in total. The molecule has 1 nitrogen and oxygen atoms in total. The Balaban J connectivity index is 2.83. The fourth-order valence-electron chi connectivity index (χ4n) is 2.19. The van der Waals surface area contributed by atoms with E-state index in [1.807, 2.05) is 0 Å². The van der Waals surface area contributed by atoms with Crippen LogP contribution in [0.5, 0.6) is 0 Å². The van der Waals surface area contributed by atoms with Crippen LogP contribution in [0.3, 0.4) is 0 Å². The summed E-state index contributed by atoms with van der Waals surface area (Å²) in [6, 6.07) is 0.662. The molecular weight excluding hydrogens is 134 g/mol. The standard InChI is InChI=1S/C10H19N/c1-6-7(2)9(4)10(11-5)8(6)3/h8-11H,1-5H3. The zero-order valence-electron chi connectivity index (χ0n) is 8.23. The maximum absolute atomic E-state index is 3.38. The van der Waals surface area contributed by atoms with E-state index in [1.54, 1.807) is 11.1 Å². The van der Waals surface area contributed by atoms with Crippen molar-refractivity contribution in [3.05, 3.63) is 11.1 Å². The van der Waals surface area contributed by atoms with Gasteiger partial charge in [0, 0.05) is 6.04 Å². The molecule has 2 atom stereocenters. The third-order valence-corrected chi connectivity index (χ3v) is 3.40. The van der Waals surface area contributed by atoms with Crippen molar-refractivity contribution < 1.29 is 0 Å². The van der Waals surface area contributed by atoms with E-state index in [-0.39, 0.29) is 0 Å². The highest BCUT2D eigenvalue weighted by Crippen LogP contribution is 2.35. The summed E-state index contributed by atoms with van der Waals surface area (Å²) in [7, 11) is 2.06. The van der Waals surface area contributed by atoms with E-state index < -0.39 is 0 Å². The molecule has 0 aromatic carbocycles. The van der Waals surface area contributed by atoms with Gasteiger partial charge < -0.3 is 5.32 Å². The van der Waals surface area contributed by atoms with Gasteiger partial charge in [-0.2, -0.15) is 0 Å². The summed E-state index contributed by atoms with van der Waals surface area (Å²) in [6.45, 7) is 9.13. The summed E-state index contributed by atoms with van der Waals surface area (Å²) in [4.78, 5) is 0. The van der Waals surface area contributed by atoms with Crippen molar-refractivity contribution in [1.29, 1.82) is 0 Å². The summed E-state index contributed by atoms with van der Waals surface area (Å²) in [5, 5.41) is 3.38. The smallest absolute Gasteiger partial charge is 0.0190 e. The van der Waals surface area contributed by atoms with E-state index in [0.29, 0.717) is 6.04 Å². The molecule has 0 saturated heterocycles. The van der Waals surface area contributed by atoms with Gasteiger partial charge in [-0.25, -0.2) is 0 Å². The van der Waals surface area contributed by atoms with E-state index in [2.05, 4.69) is 40.1 Å². The number of hydrogen-bond acceptors (Lipinski definition) is 1. The minimum atomic E-state index is 0.662. The SMILES string of the molecule is CNC1C(C)C(C)=C(C)C1C. The first kappa shape index (κ1) is 8.79. The summed E-state index contributed by atoms with van der Waals surface area (Å²) in [5.74, 6) is 1.44. The summed E-state index contributed by atoms with van der Waals surface area (Å²) in [5.41, 5.74) is 3.16. The van der Waals surface area contributed by atoms with E-state index >= 15 is 0 Å². The van der Waals surface area contributed by atoms with Crippen LogP contribution in [0, 0.1) is 11.8 Å². The zero-order valence-corrected chi connectivity index (χ0v) is 8.23. The molecule has 1 aliphatic rings. The molecule has 2 unspecified atom stereocenters. The average Bonchev–Trinajstić information content (AvgIpc) is 2.17. The van der Waals surface area contributed by atoms with Crippen LogP contribution in [0.2, 0.25) is 0 Å². The van der Waals surface area contributed by atoms with Gasteiger partial charge in [0.1, 0.15) is 0 Å². The highest BCUT2D eigenvalue weighted by molar-refractivity contribution is 5.25. The molecule has 1 aliphatic carbocycles. The molecule has 0 aliphatic heterocycles. The van der Waals surface area contributed by atoms with Gasteiger partial charge >= 0.3 is 0 Å². The normalized spacial score (nSPS) is 38.5. The second kappa shape index (κ2) is 2.98. The molecule has 1 rings (SSSR count). The second-order valence-electron chi connectivity index (χ2n) is 3.76. The molecule has 1 heteroatoms. The summed E-state index contributed by atoms with van der Waals surface area (Å²) >= 11 is 0. The van der Waals surface area contributed by atoms with Gasteiger partial charge in [0.15, 0.2) is 0 Å². The van der Waals surface area contributed by atoms with Crippen LogP contribution in [0.25, 0.3) is 0 Å². The Morgan fingerprint density at radius 1 is 1.00 bits per heavy atom. The van der Waals surface area contributed by atoms with Gasteiger partial charge in [-0.3, -0.25) is 0 Å². The van der Waals surface area contributed by atoms with Crippen LogP contribution < -0.4 is 5.32 Å². The Bertz CT molecular complexity index is 163. The third-order valence-electron chi connectivity index (χ3n) is 3.40.